The molecule has 1 fully saturated rings. The van der Waals surface area contributed by atoms with E-state index in [1.807, 2.05) is 0 Å². The Bertz CT molecular complexity index is 481. The second-order valence-electron chi connectivity index (χ2n) is 5.50. The maximum atomic E-state index is 13.0. The first kappa shape index (κ1) is 15.8. The van der Waals surface area contributed by atoms with Crippen LogP contribution in [-0.4, -0.2) is 29.9 Å². The van der Waals surface area contributed by atoms with Crippen LogP contribution in [0.2, 0.25) is 0 Å². The third kappa shape index (κ3) is 4.43. The van der Waals surface area contributed by atoms with E-state index in [2.05, 4.69) is 0 Å². The first-order chi connectivity index (χ1) is 10.0. The average molecular weight is 296 g/mol. The molecular formula is C16H21FO4. The monoisotopic (exact) mass is 296 g/mol. The van der Waals surface area contributed by atoms with Gasteiger partial charge in [0.2, 0.25) is 0 Å². The van der Waals surface area contributed by atoms with Gasteiger partial charge in [-0.3, -0.25) is 4.79 Å². The second-order valence-corrected chi connectivity index (χ2v) is 5.50. The Morgan fingerprint density at radius 2 is 2.14 bits per heavy atom. The molecule has 116 valence electrons. The quantitative estimate of drug-likeness (QED) is 0.849. The zero-order valence-corrected chi connectivity index (χ0v) is 12.2. The molecule has 0 atom stereocenters. The summed E-state index contributed by atoms with van der Waals surface area (Å²) in [6, 6.07) is 5.84. The molecule has 21 heavy (non-hydrogen) atoms. The van der Waals surface area contributed by atoms with Gasteiger partial charge in [-0.1, -0.05) is 6.07 Å². The molecule has 4 nitrogen and oxygen atoms in total. The van der Waals surface area contributed by atoms with Crippen molar-refractivity contribution in [1.29, 1.82) is 0 Å². The molecular weight excluding hydrogens is 275 g/mol. The van der Waals surface area contributed by atoms with Crippen molar-refractivity contribution >= 4 is 5.97 Å². The summed E-state index contributed by atoms with van der Waals surface area (Å²) in [6.45, 7) is 2.26. The maximum Gasteiger partial charge on any atom is 0.308 e. The van der Waals surface area contributed by atoms with Gasteiger partial charge < -0.3 is 14.6 Å². The number of rotatable bonds is 5. The number of halogens is 1. The molecule has 0 saturated heterocycles. The van der Waals surface area contributed by atoms with Crippen LogP contribution in [0.4, 0.5) is 4.39 Å². The molecule has 5 heteroatoms. The van der Waals surface area contributed by atoms with E-state index in [4.69, 9.17) is 9.47 Å². The molecule has 0 amide bonds. The standard InChI is InChI=1S/C16H21FO4/c1-2-20-15(18)12-6-8-16(19,9-7-12)11-21-14-5-3-4-13(17)10-14/h3-5,10,12,19H,2,6-9,11H2,1H3. The van der Waals surface area contributed by atoms with Gasteiger partial charge in [0.25, 0.3) is 0 Å². The van der Waals surface area contributed by atoms with Crippen LogP contribution >= 0.6 is 0 Å². The van der Waals surface area contributed by atoms with Crippen LogP contribution in [0.15, 0.2) is 24.3 Å². The van der Waals surface area contributed by atoms with Gasteiger partial charge >= 0.3 is 5.97 Å². The van der Waals surface area contributed by atoms with Gasteiger partial charge in [-0.2, -0.15) is 0 Å². The Balaban J connectivity index is 1.83. The van der Waals surface area contributed by atoms with Gasteiger partial charge in [-0.15, -0.1) is 0 Å². The summed E-state index contributed by atoms with van der Waals surface area (Å²) in [7, 11) is 0. The SMILES string of the molecule is CCOC(=O)C1CCC(O)(COc2cccc(F)c2)CC1. The normalized spacial score (nSPS) is 25.4. The fourth-order valence-corrected chi connectivity index (χ4v) is 2.57. The molecule has 0 heterocycles. The number of carbonyl (C=O) groups excluding carboxylic acids is 1. The van der Waals surface area contributed by atoms with Crippen molar-refractivity contribution in [2.24, 2.45) is 5.92 Å². The molecule has 1 N–H and O–H groups in total. The number of benzene rings is 1. The summed E-state index contributed by atoms with van der Waals surface area (Å²) >= 11 is 0. The largest absolute Gasteiger partial charge is 0.490 e. The van der Waals surface area contributed by atoms with Crippen LogP contribution < -0.4 is 4.74 Å². The van der Waals surface area contributed by atoms with Crippen molar-refractivity contribution in [1.82, 2.24) is 0 Å². The number of hydrogen-bond acceptors (Lipinski definition) is 4. The summed E-state index contributed by atoms with van der Waals surface area (Å²) < 4.78 is 23.5. The minimum Gasteiger partial charge on any atom is -0.490 e. The lowest BCUT2D eigenvalue weighted by atomic mass is 9.79. The van der Waals surface area contributed by atoms with E-state index < -0.39 is 5.60 Å². The van der Waals surface area contributed by atoms with Gasteiger partial charge in [0.05, 0.1) is 18.1 Å². The molecule has 1 aliphatic carbocycles. The van der Waals surface area contributed by atoms with Crippen molar-refractivity contribution in [2.45, 2.75) is 38.2 Å². The molecule has 0 unspecified atom stereocenters. The lowest BCUT2D eigenvalue weighted by molar-refractivity contribution is -0.151. The molecule has 0 radical (unpaired) electrons. The van der Waals surface area contributed by atoms with Crippen LogP contribution in [0.25, 0.3) is 0 Å². The summed E-state index contributed by atoms with van der Waals surface area (Å²) in [5.74, 6) is -0.300. The third-order valence-corrected chi connectivity index (χ3v) is 3.84. The Morgan fingerprint density at radius 3 is 2.76 bits per heavy atom. The molecule has 1 aliphatic rings. The molecule has 0 aliphatic heterocycles. The topological polar surface area (TPSA) is 55.8 Å². The van der Waals surface area contributed by atoms with Crippen molar-refractivity contribution < 1.29 is 23.8 Å². The highest BCUT2D eigenvalue weighted by atomic mass is 19.1. The van der Waals surface area contributed by atoms with Crippen molar-refractivity contribution in [3.63, 3.8) is 0 Å². The van der Waals surface area contributed by atoms with E-state index in [0.29, 0.717) is 38.0 Å². The zero-order valence-electron chi connectivity index (χ0n) is 12.2. The van der Waals surface area contributed by atoms with Crippen molar-refractivity contribution in [3.05, 3.63) is 30.1 Å². The van der Waals surface area contributed by atoms with Gasteiger partial charge in [-0.25, -0.2) is 4.39 Å². The predicted molar refractivity (Wildman–Crippen MR) is 75.4 cm³/mol. The van der Waals surface area contributed by atoms with Crippen LogP contribution in [0.1, 0.15) is 32.6 Å². The first-order valence-electron chi connectivity index (χ1n) is 7.30. The van der Waals surface area contributed by atoms with Crippen LogP contribution in [-0.2, 0) is 9.53 Å². The lowest BCUT2D eigenvalue weighted by Crippen LogP contribution is -2.41. The third-order valence-electron chi connectivity index (χ3n) is 3.84. The molecule has 0 aromatic heterocycles. The van der Waals surface area contributed by atoms with Crippen molar-refractivity contribution in [2.75, 3.05) is 13.2 Å². The average Bonchev–Trinajstić information content (AvgIpc) is 2.46. The Kier molecular flexibility index (Phi) is 5.17. The molecule has 0 spiro atoms. The van der Waals surface area contributed by atoms with Gasteiger partial charge in [0.1, 0.15) is 18.2 Å². The fourth-order valence-electron chi connectivity index (χ4n) is 2.57. The number of aliphatic hydroxyl groups is 1. The summed E-state index contributed by atoms with van der Waals surface area (Å²) in [4.78, 5) is 11.6. The Morgan fingerprint density at radius 1 is 1.43 bits per heavy atom. The highest BCUT2D eigenvalue weighted by Crippen LogP contribution is 2.33. The van der Waals surface area contributed by atoms with E-state index in [-0.39, 0.29) is 24.3 Å². The van der Waals surface area contributed by atoms with E-state index in [1.54, 1.807) is 19.1 Å². The molecule has 1 aromatic carbocycles. The number of esters is 1. The first-order valence-corrected chi connectivity index (χ1v) is 7.30. The summed E-state index contributed by atoms with van der Waals surface area (Å²) in [5.41, 5.74) is -0.963. The van der Waals surface area contributed by atoms with E-state index >= 15 is 0 Å². The smallest absolute Gasteiger partial charge is 0.308 e. The van der Waals surface area contributed by atoms with Crippen LogP contribution in [0.5, 0.6) is 5.75 Å². The van der Waals surface area contributed by atoms with Gasteiger partial charge in [0.15, 0.2) is 0 Å². The molecule has 1 saturated carbocycles. The van der Waals surface area contributed by atoms with E-state index in [9.17, 15) is 14.3 Å². The lowest BCUT2D eigenvalue weighted by Gasteiger charge is -2.34. The molecule has 2 rings (SSSR count). The minimum atomic E-state index is -0.963. The maximum absolute atomic E-state index is 13.0. The van der Waals surface area contributed by atoms with E-state index in [1.165, 1.54) is 12.1 Å². The van der Waals surface area contributed by atoms with Gasteiger partial charge in [0, 0.05) is 6.07 Å². The highest BCUT2D eigenvalue weighted by Gasteiger charge is 2.37. The molecule has 1 aromatic rings. The fraction of sp³-hybridized carbons (Fsp3) is 0.562. The van der Waals surface area contributed by atoms with Gasteiger partial charge in [-0.05, 0) is 44.7 Å². The highest BCUT2D eigenvalue weighted by molar-refractivity contribution is 5.72. The number of carbonyl (C=O) groups is 1. The molecule has 0 bridgehead atoms. The van der Waals surface area contributed by atoms with E-state index in [0.717, 1.165) is 0 Å². The van der Waals surface area contributed by atoms with Crippen molar-refractivity contribution in [3.8, 4) is 5.75 Å². The summed E-state index contributed by atoms with van der Waals surface area (Å²) in [5, 5.41) is 10.5. The summed E-state index contributed by atoms with van der Waals surface area (Å²) in [6.07, 6.45) is 2.13. The zero-order chi connectivity index (χ0) is 15.3. The second kappa shape index (κ2) is 6.89. The Labute approximate surface area is 123 Å². The van der Waals surface area contributed by atoms with Crippen LogP contribution in [0.3, 0.4) is 0 Å². The van der Waals surface area contributed by atoms with Crippen LogP contribution in [0, 0.1) is 11.7 Å². The number of hydrogen-bond donors (Lipinski definition) is 1. The Hall–Kier alpha value is -1.62. The minimum absolute atomic E-state index is 0.103. The number of ether oxygens (including phenoxy) is 2. The predicted octanol–water partition coefficient (Wildman–Crippen LogP) is 2.69.